The second-order valence-electron chi connectivity index (χ2n) is 7.39. The summed E-state index contributed by atoms with van der Waals surface area (Å²) in [5, 5.41) is 10.1. The fourth-order valence-electron chi connectivity index (χ4n) is 4.17. The number of hydrogen-bond acceptors (Lipinski definition) is 5. The summed E-state index contributed by atoms with van der Waals surface area (Å²) >= 11 is 0. The first-order valence-corrected chi connectivity index (χ1v) is 9.22. The van der Waals surface area contributed by atoms with Crippen LogP contribution in [-0.2, 0) is 22.6 Å². The zero-order chi connectivity index (χ0) is 19.7. The smallest absolute Gasteiger partial charge is 0.312 e. The van der Waals surface area contributed by atoms with E-state index in [4.69, 9.17) is 9.47 Å². The molecule has 1 N–H and O–H groups in total. The maximum absolute atomic E-state index is 13.0. The van der Waals surface area contributed by atoms with Gasteiger partial charge in [-0.2, -0.15) is 0 Å². The highest BCUT2D eigenvalue weighted by molar-refractivity contribution is 5.93. The van der Waals surface area contributed by atoms with Gasteiger partial charge in [0.15, 0.2) is 0 Å². The molecule has 1 saturated heterocycles. The van der Waals surface area contributed by atoms with Gasteiger partial charge in [0.2, 0.25) is 0 Å². The Morgan fingerprint density at radius 1 is 1.29 bits per heavy atom. The van der Waals surface area contributed by atoms with E-state index in [-0.39, 0.29) is 25.0 Å². The Hall–Kier alpha value is -2.93. The van der Waals surface area contributed by atoms with Gasteiger partial charge in [0.1, 0.15) is 11.4 Å². The molecule has 0 spiro atoms. The molecule has 7 nitrogen and oxygen atoms in total. The van der Waals surface area contributed by atoms with Crippen molar-refractivity contribution in [2.24, 2.45) is 11.3 Å². The first kappa shape index (κ1) is 18.4. The fourth-order valence-corrected chi connectivity index (χ4v) is 4.17. The largest absolute Gasteiger partial charge is 0.493 e. The SMILES string of the molecule is COCc1cccc(C(=O)N2C[C@@H]3COc4ccccc4C[C@]3(C(=O)O)C2)n1. The molecule has 146 valence electrons. The summed E-state index contributed by atoms with van der Waals surface area (Å²) in [6, 6.07) is 12.7. The number of aliphatic carboxylic acids is 1. The summed E-state index contributed by atoms with van der Waals surface area (Å²) < 4.78 is 11.0. The van der Waals surface area contributed by atoms with Crippen molar-refractivity contribution in [2.45, 2.75) is 13.0 Å². The van der Waals surface area contributed by atoms with E-state index >= 15 is 0 Å². The van der Waals surface area contributed by atoms with Crippen LogP contribution in [0, 0.1) is 11.3 Å². The van der Waals surface area contributed by atoms with Gasteiger partial charge in [-0.25, -0.2) is 4.98 Å². The molecule has 0 saturated carbocycles. The molecule has 4 rings (SSSR count). The lowest BCUT2D eigenvalue weighted by atomic mass is 9.74. The lowest BCUT2D eigenvalue weighted by Gasteiger charge is -2.27. The predicted octanol–water partition coefficient (Wildman–Crippen LogP) is 2.01. The molecule has 28 heavy (non-hydrogen) atoms. The van der Waals surface area contributed by atoms with Gasteiger partial charge in [-0.1, -0.05) is 24.3 Å². The number of carbonyl (C=O) groups excluding carboxylic acids is 1. The molecular weight excluding hydrogens is 360 g/mol. The van der Waals surface area contributed by atoms with Crippen LogP contribution in [0.25, 0.3) is 0 Å². The summed E-state index contributed by atoms with van der Waals surface area (Å²) in [5.74, 6) is -0.720. The third-order valence-electron chi connectivity index (χ3n) is 5.65. The van der Waals surface area contributed by atoms with Crippen molar-refractivity contribution < 1.29 is 24.2 Å². The maximum Gasteiger partial charge on any atom is 0.312 e. The van der Waals surface area contributed by atoms with Gasteiger partial charge in [0, 0.05) is 26.1 Å². The summed E-state index contributed by atoms with van der Waals surface area (Å²) in [5.41, 5.74) is 0.758. The van der Waals surface area contributed by atoms with E-state index in [2.05, 4.69) is 4.98 Å². The van der Waals surface area contributed by atoms with Crippen molar-refractivity contribution in [1.82, 2.24) is 9.88 Å². The molecule has 0 unspecified atom stereocenters. The lowest BCUT2D eigenvalue weighted by molar-refractivity contribution is -0.150. The first-order chi connectivity index (χ1) is 13.5. The zero-order valence-electron chi connectivity index (χ0n) is 15.6. The number of carboxylic acids is 1. The molecule has 1 aromatic heterocycles. The molecule has 2 aliphatic rings. The highest BCUT2D eigenvalue weighted by Crippen LogP contribution is 2.44. The van der Waals surface area contributed by atoms with Crippen LogP contribution in [0.2, 0.25) is 0 Å². The van der Waals surface area contributed by atoms with E-state index in [1.165, 1.54) is 0 Å². The van der Waals surface area contributed by atoms with Crippen molar-refractivity contribution in [2.75, 3.05) is 26.8 Å². The number of aromatic nitrogens is 1. The quantitative estimate of drug-likeness (QED) is 0.870. The Morgan fingerprint density at radius 2 is 2.11 bits per heavy atom. The van der Waals surface area contributed by atoms with E-state index in [1.807, 2.05) is 24.3 Å². The standard InChI is InChI=1S/C21H22N2O5/c1-27-12-16-6-4-7-17(22-16)19(24)23-10-15-11-28-18-8-3-2-5-14(18)9-21(15,13-23)20(25)26/h2-8,15H,9-13H2,1H3,(H,25,26)/t15-,21+/m1/s1. The van der Waals surface area contributed by atoms with Gasteiger partial charge < -0.3 is 19.5 Å². The molecule has 1 fully saturated rings. The number of carbonyl (C=O) groups is 2. The fraction of sp³-hybridized carbons (Fsp3) is 0.381. The lowest BCUT2D eigenvalue weighted by Crippen LogP contribution is -2.42. The predicted molar refractivity (Wildman–Crippen MR) is 100 cm³/mol. The van der Waals surface area contributed by atoms with Gasteiger partial charge in [-0.15, -0.1) is 0 Å². The van der Waals surface area contributed by atoms with E-state index in [0.29, 0.717) is 31.0 Å². The van der Waals surface area contributed by atoms with Gasteiger partial charge in [0.25, 0.3) is 5.91 Å². The Labute approximate surface area is 162 Å². The minimum absolute atomic E-state index is 0.139. The third-order valence-corrected chi connectivity index (χ3v) is 5.65. The van der Waals surface area contributed by atoms with Crippen molar-refractivity contribution >= 4 is 11.9 Å². The van der Waals surface area contributed by atoms with Crippen LogP contribution in [-0.4, -0.2) is 53.7 Å². The van der Waals surface area contributed by atoms with E-state index in [0.717, 1.165) is 11.3 Å². The number of nitrogens with zero attached hydrogens (tertiary/aromatic N) is 2. The minimum atomic E-state index is -1.06. The van der Waals surface area contributed by atoms with Crippen LogP contribution >= 0.6 is 0 Å². The number of pyridine rings is 1. The third kappa shape index (κ3) is 3.11. The van der Waals surface area contributed by atoms with E-state index in [1.54, 1.807) is 30.2 Å². The number of ether oxygens (including phenoxy) is 2. The minimum Gasteiger partial charge on any atom is -0.493 e. The van der Waals surface area contributed by atoms with Crippen molar-refractivity contribution in [3.8, 4) is 5.75 Å². The first-order valence-electron chi connectivity index (χ1n) is 9.22. The van der Waals surface area contributed by atoms with Crippen molar-refractivity contribution in [3.63, 3.8) is 0 Å². The number of likely N-dealkylation sites (tertiary alicyclic amines) is 1. The molecule has 0 bridgehead atoms. The Balaban J connectivity index is 1.62. The number of benzene rings is 1. The average Bonchev–Trinajstić information content (AvgIpc) is 2.99. The van der Waals surface area contributed by atoms with Crippen LogP contribution in [0.5, 0.6) is 5.75 Å². The van der Waals surface area contributed by atoms with Crippen LogP contribution < -0.4 is 4.74 Å². The summed E-state index contributed by atoms with van der Waals surface area (Å²) in [6.45, 7) is 1.05. The number of hydrogen-bond donors (Lipinski definition) is 1. The second kappa shape index (κ2) is 7.24. The topological polar surface area (TPSA) is 89.0 Å². The molecule has 2 atom stereocenters. The second-order valence-corrected chi connectivity index (χ2v) is 7.39. The van der Waals surface area contributed by atoms with Crippen molar-refractivity contribution in [3.05, 3.63) is 59.4 Å². The molecule has 1 aromatic carbocycles. The van der Waals surface area contributed by atoms with Crippen LogP contribution in [0.4, 0.5) is 0 Å². The monoisotopic (exact) mass is 382 g/mol. The number of fused-ring (bicyclic) bond motifs is 2. The van der Waals surface area contributed by atoms with Crippen molar-refractivity contribution in [1.29, 1.82) is 0 Å². The average molecular weight is 382 g/mol. The number of para-hydroxylation sites is 1. The van der Waals surface area contributed by atoms with Gasteiger partial charge >= 0.3 is 5.97 Å². The van der Waals surface area contributed by atoms with Gasteiger partial charge in [-0.3, -0.25) is 9.59 Å². The van der Waals surface area contributed by atoms with Gasteiger partial charge in [-0.05, 0) is 30.2 Å². The Kier molecular flexibility index (Phi) is 4.77. The molecule has 2 aliphatic heterocycles. The zero-order valence-corrected chi connectivity index (χ0v) is 15.6. The maximum atomic E-state index is 13.0. The highest BCUT2D eigenvalue weighted by Gasteiger charge is 2.55. The van der Waals surface area contributed by atoms with E-state index in [9.17, 15) is 14.7 Å². The number of methoxy groups -OCH3 is 1. The molecule has 0 radical (unpaired) electrons. The number of amides is 1. The van der Waals surface area contributed by atoms with Crippen LogP contribution in [0.3, 0.4) is 0 Å². The van der Waals surface area contributed by atoms with Gasteiger partial charge in [0.05, 0.1) is 24.3 Å². The highest BCUT2D eigenvalue weighted by atomic mass is 16.5. The molecule has 0 aliphatic carbocycles. The Morgan fingerprint density at radius 3 is 2.89 bits per heavy atom. The summed E-state index contributed by atoms with van der Waals surface area (Å²) in [4.78, 5) is 31.3. The summed E-state index contributed by atoms with van der Waals surface area (Å²) in [7, 11) is 1.57. The number of carboxylic acid groups (broad SMARTS) is 1. The van der Waals surface area contributed by atoms with Crippen LogP contribution in [0.1, 0.15) is 21.7 Å². The molecule has 3 heterocycles. The van der Waals surface area contributed by atoms with Crippen LogP contribution in [0.15, 0.2) is 42.5 Å². The molecule has 1 amide bonds. The molecular formula is C21H22N2O5. The Bertz CT molecular complexity index is 915. The summed E-state index contributed by atoms with van der Waals surface area (Å²) in [6.07, 6.45) is 0.337. The molecule has 7 heteroatoms. The molecule has 2 aromatic rings. The normalized spacial score (nSPS) is 23.3. The number of rotatable bonds is 4. The van der Waals surface area contributed by atoms with E-state index < -0.39 is 11.4 Å².